The first-order valence-electron chi connectivity index (χ1n) is 13.9. The normalized spacial score (nSPS) is 16.9. The molecule has 251 valence electrons. The first kappa shape index (κ1) is 39.3. The van der Waals surface area contributed by atoms with E-state index in [4.69, 9.17) is 4.74 Å². The van der Waals surface area contributed by atoms with Gasteiger partial charge >= 0.3 is 5.69 Å². The van der Waals surface area contributed by atoms with Crippen LogP contribution in [0.4, 0.5) is 0 Å². The Kier molecular flexibility index (Phi) is 16.5. The van der Waals surface area contributed by atoms with Gasteiger partial charge in [-0.05, 0) is 61.6 Å². The molecule has 0 bridgehead atoms. The zero-order chi connectivity index (χ0) is 30.1. The minimum Gasteiger partial charge on any atom is -0.412 e. The van der Waals surface area contributed by atoms with E-state index in [0.717, 1.165) is 27.1 Å². The fourth-order valence-electron chi connectivity index (χ4n) is 4.70. The van der Waals surface area contributed by atoms with E-state index in [2.05, 4.69) is 25.6 Å². The van der Waals surface area contributed by atoms with E-state index >= 15 is 0 Å². The molecule has 1 unspecified atom stereocenters. The molecule has 0 aromatic carbocycles. The van der Waals surface area contributed by atoms with Crippen molar-refractivity contribution >= 4 is 11.8 Å². The van der Waals surface area contributed by atoms with Gasteiger partial charge in [-0.1, -0.05) is 0 Å². The van der Waals surface area contributed by atoms with Crippen LogP contribution in [0.5, 0.6) is 0 Å². The summed E-state index contributed by atoms with van der Waals surface area (Å²) in [6.45, 7) is 2.10. The van der Waals surface area contributed by atoms with E-state index in [9.17, 15) is 29.4 Å². The van der Waals surface area contributed by atoms with Crippen molar-refractivity contribution in [3.8, 4) is 11.4 Å². The molecule has 4 rings (SSSR count). The molecule has 0 aliphatic carbocycles. The second-order valence-electron chi connectivity index (χ2n) is 10.3. The molecule has 3 aromatic heterocycles. The number of H-pyrrole nitrogens is 1. The number of aliphatic hydroxyl groups is 2. The molecule has 2 amide bonds. The summed E-state index contributed by atoms with van der Waals surface area (Å²) in [5, 5.41) is 24.7. The van der Waals surface area contributed by atoms with Crippen LogP contribution in [0.25, 0.3) is 11.4 Å². The van der Waals surface area contributed by atoms with Gasteiger partial charge in [-0.2, -0.15) is 0 Å². The fraction of sp³-hybridized carbons (Fsp3) is 0.448. The summed E-state index contributed by atoms with van der Waals surface area (Å²) in [6.07, 6.45) is 4.08. The number of carbonyl (C=O) groups is 2. The third-order valence-corrected chi connectivity index (χ3v) is 7.00. The van der Waals surface area contributed by atoms with Crippen LogP contribution in [-0.4, -0.2) is 84.4 Å². The standard InChI is InChI=1S/C29H36N6O7.Cu.2H2O/c1-18-7-9-30-21(13-18)22-14-19(8-10-31-22)3-2-4-25(38)32-11-12-33-26(39)6-5-20-16-35(29(41)34-28(20)40)27-15-23(37)24(17-36)42-27;;;/h7-10,13-14,16,23-24,27,36-37H,2-6,11-12,15,17H2,1H3,(H,32,38)(H,33,39)(H,34,40,41);;2*1H2/t23?,24-,27-;;;/m1.../s1. The van der Waals surface area contributed by atoms with Crippen molar-refractivity contribution in [2.75, 3.05) is 19.7 Å². The molecule has 1 aliphatic heterocycles. The number of ether oxygens (including phenoxy) is 1. The van der Waals surface area contributed by atoms with Gasteiger partial charge in [0.25, 0.3) is 5.56 Å². The molecule has 3 aromatic rings. The van der Waals surface area contributed by atoms with Gasteiger partial charge in [0.2, 0.25) is 11.8 Å². The number of aromatic nitrogens is 4. The van der Waals surface area contributed by atoms with Crippen molar-refractivity contribution < 1.29 is 52.6 Å². The topological polar surface area (TPSA) is 252 Å². The van der Waals surface area contributed by atoms with Crippen molar-refractivity contribution in [2.45, 2.75) is 63.9 Å². The van der Waals surface area contributed by atoms with Crippen LogP contribution in [0.15, 0.2) is 52.4 Å². The van der Waals surface area contributed by atoms with Crippen molar-refractivity contribution in [1.29, 1.82) is 0 Å². The molecular formula is C29H40CuN6O9. The first-order chi connectivity index (χ1) is 20.2. The SMILES string of the molecule is Cc1ccnc(-c2cc(CCCC(=O)NCCNC(=O)CCc3cn([C@H]4CC(O)[C@@H](CO)O4)c(=O)[nH]c3=O)ccn2)c1.O.O.[Cu]. The molecule has 9 N–H and O–H groups in total. The molecule has 15 nitrogen and oxygen atoms in total. The smallest absolute Gasteiger partial charge is 0.330 e. The second-order valence-corrected chi connectivity index (χ2v) is 10.3. The van der Waals surface area contributed by atoms with Crippen molar-refractivity contribution in [2.24, 2.45) is 0 Å². The molecule has 1 fully saturated rings. The summed E-state index contributed by atoms with van der Waals surface area (Å²) >= 11 is 0. The van der Waals surface area contributed by atoms with Gasteiger partial charge < -0.3 is 36.5 Å². The Balaban J connectivity index is 0.00000337. The summed E-state index contributed by atoms with van der Waals surface area (Å²) in [5.74, 6) is -0.429. The molecule has 1 saturated heterocycles. The number of hydrogen-bond donors (Lipinski definition) is 5. The Hall–Kier alpha value is -3.76. The van der Waals surface area contributed by atoms with E-state index in [-0.39, 0.29) is 77.8 Å². The molecule has 0 saturated carbocycles. The van der Waals surface area contributed by atoms with Crippen molar-refractivity contribution in [3.63, 3.8) is 0 Å². The summed E-state index contributed by atoms with van der Waals surface area (Å²) in [6, 6.07) is 7.82. The fourth-order valence-corrected chi connectivity index (χ4v) is 4.70. The van der Waals surface area contributed by atoms with E-state index in [1.807, 2.05) is 31.2 Å². The number of pyridine rings is 2. The minimum absolute atomic E-state index is 0. The van der Waals surface area contributed by atoms with Crippen LogP contribution in [0.3, 0.4) is 0 Å². The molecule has 1 aliphatic rings. The van der Waals surface area contributed by atoms with Crippen LogP contribution in [0.1, 0.15) is 48.6 Å². The zero-order valence-electron chi connectivity index (χ0n) is 24.7. The Bertz CT molecular complexity index is 1520. The first-order valence-corrected chi connectivity index (χ1v) is 13.9. The number of hydrogen-bond acceptors (Lipinski definition) is 9. The molecule has 3 atom stereocenters. The van der Waals surface area contributed by atoms with Gasteiger partial charge in [-0.3, -0.25) is 33.9 Å². The Morgan fingerprint density at radius 3 is 2.31 bits per heavy atom. The average molecular weight is 680 g/mol. The molecule has 0 spiro atoms. The van der Waals surface area contributed by atoms with Crippen molar-refractivity contribution in [3.05, 3.63) is 80.4 Å². The number of amides is 2. The van der Waals surface area contributed by atoms with Gasteiger partial charge in [0.1, 0.15) is 12.3 Å². The summed E-state index contributed by atoms with van der Waals surface area (Å²) in [5.41, 5.74) is 2.67. The quantitative estimate of drug-likeness (QED) is 0.104. The van der Waals surface area contributed by atoms with E-state index in [0.29, 0.717) is 19.3 Å². The van der Waals surface area contributed by atoms with Crippen LogP contribution in [0, 0.1) is 6.92 Å². The van der Waals surface area contributed by atoms with E-state index < -0.39 is 36.3 Å². The molecule has 45 heavy (non-hydrogen) atoms. The summed E-state index contributed by atoms with van der Waals surface area (Å²) in [7, 11) is 0. The average Bonchev–Trinajstić information content (AvgIpc) is 3.35. The van der Waals surface area contributed by atoms with Gasteiger partial charge in [-0.15, -0.1) is 0 Å². The predicted octanol–water partition coefficient (Wildman–Crippen LogP) is -1.52. The minimum atomic E-state index is -0.940. The number of nitrogens with one attached hydrogen (secondary N) is 3. The second kappa shape index (κ2) is 18.9. The van der Waals surface area contributed by atoms with Crippen LogP contribution < -0.4 is 21.9 Å². The maximum atomic E-state index is 12.3. The summed E-state index contributed by atoms with van der Waals surface area (Å²) < 4.78 is 6.64. The molecule has 1 radical (unpaired) electrons. The van der Waals surface area contributed by atoms with Crippen LogP contribution in [-0.2, 0) is 44.2 Å². The Morgan fingerprint density at radius 2 is 1.67 bits per heavy atom. The third-order valence-electron chi connectivity index (χ3n) is 7.00. The largest absolute Gasteiger partial charge is 0.412 e. The maximum Gasteiger partial charge on any atom is 0.330 e. The maximum absolute atomic E-state index is 12.3. The monoisotopic (exact) mass is 679 g/mol. The number of rotatable bonds is 13. The number of aryl methyl sites for hydroxylation is 3. The zero-order valence-corrected chi connectivity index (χ0v) is 25.7. The predicted molar refractivity (Wildman–Crippen MR) is 160 cm³/mol. The van der Waals surface area contributed by atoms with Crippen LogP contribution >= 0.6 is 0 Å². The third kappa shape index (κ3) is 11.3. The number of aliphatic hydroxyl groups excluding tert-OH is 2. The number of carbonyl (C=O) groups excluding carboxylic acids is 2. The number of nitrogens with zero attached hydrogens (tertiary/aromatic N) is 3. The van der Waals surface area contributed by atoms with Crippen molar-refractivity contribution in [1.82, 2.24) is 30.2 Å². The van der Waals surface area contributed by atoms with Gasteiger partial charge in [-0.25, -0.2) is 4.79 Å². The molecule has 4 heterocycles. The van der Waals surface area contributed by atoms with Gasteiger partial charge in [0.15, 0.2) is 0 Å². The summed E-state index contributed by atoms with van der Waals surface area (Å²) in [4.78, 5) is 59.9. The molecule has 16 heteroatoms. The Labute approximate surface area is 269 Å². The van der Waals surface area contributed by atoms with Crippen LogP contribution in [0.2, 0.25) is 0 Å². The van der Waals surface area contributed by atoms with Gasteiger partial charge in [0.05, 0.1) is 24.1 Å². The van der Waals surface area contributed by atoms with E-state index in [1.54, 1.807) is 12.4 Å². The Morgan fingerprint density at radius 1 is 1.02 bits per heavy atom. The molecular weight excluding hydrogens is 640 g/mol. The van der Waals surface area contributed by atoms with Gasteiger partial charge in [0, 0.05) is 73.6 Å². The van der Waals surface area contributed by atoms with E-state index in [1.165, 1.54) is 6.20 Å². The number of aromatic amines is 1.